The predicted octanol–water partition coefficient (Wildman–Crippen LogP) is 1.09. The summed E-state index contributed by atoms with van der Waals surface area (Å²) in [6, 6.07) is 3.11. The van der Waals surface area contributed by atoms with Crippen LogP contribution in [0.5, 0.6) is 0 Å². The number of piperazine rings is 1. The molecule has 1 saturated heterocycles. The van der Waals surface area contributed by atoms with Gasteiger partial charge in [0.15, 0.2) is 0 Å². The maximum Gasteiger partial charge on any atom is 0.273 e. The van der Waals surface area contributed by atoms with Crippen LogP contribution in [0.1, 0.15) is 24.3 Å². The second-order valence-electron chi connectivity index (χ2n) is 4.63. The Morgan fingerprint density at radius 1 is 1.56 bits per heavy atom. The van der Waals surface area contributed by atoms with Gasteiger partial charge in [0.2, 0.25) is 5.91 Å². The lowest BCUT2D eigenvalue weighted by Gasteiger charge is -2.40. The molecule has 0 radical (unpaired) electrons. The molecule has 96 valence electrons. The minimum absolute atomic E-state index is 0.163. The monoisotopic (exact) mass is 267 g/mol. The average Bonchev–Trinajstić information content (AvgIpc) is 2.32. The molecule has 6 heteroatoms. The van der Waals surface area contributed by atoms with E-state index < -0.39 is 5.54 Å². The largest absolute Gasteiger partial charge is 0.352 e. The summed E-state index contributed by atoms with van der Waals surface area (Å²) in [6.07, 6.45) is 1.48. The first-order chi connectivity index (χ1) is 8.43. The Kier molecular flexibility index (Phi) is 3.26. The van der Waals surface area contributed by atoms with Crippen molar-refractivity contribution in [3.05, 3.63) is 29.0 Å². The van der Waals surface area contributed by atoms with E-state index in [4.69, 9.17) is 11.6 Å². The molecule has 0 aromatic carbocycles. The van der Waals surface area contributed by atoms with Gasteiger partial charge in [-0.3, -0.25) is 14.6 Å². The molecule has 1 aromatic rings. The van der Waals surface area contributed by atoms with Gasteiger partial charge in [-0.05, 0) is 26.0 Å². The second kappa shape index (κ2) is 4.57. The van der Waals surface area contributed by atoms with Crippen LogP contribution in [0.2, 0.25) is 5.02 Å². The molecule has 0 spiro atoms. The SMILES string of the molecule is CC1(C)C(=O)NCCN1C(=O)c1cc(Cl)ccn1. The third-order valence-corrected chi connectivity index (χ3v) is 3.27. The molecule has 5 nitrogen and oxygen atoms in total. The van der Waals surface area contributed by atoms with Gasteiger partial charge in [-0.25, -0.2) is 0 Å². The highest BCUT2D eigenvalue weighted by Gasteiger charge is 2.41. The summed E-state index contributed by atoms with van der Waals surface area (Å²) in [5.41, 5.74) is -0.621. The van der Waals surface area contributed by atoms with Gasteiger partial charge in [-0.1, -0.05) is 11.6 Å². The molecule has 1 aromatic heterocycles. The Morgan fingerprint density at radius 2 is 2.28 bits per heavy atom. The number of pyridine rings is 1. The maximum absolute atomic E-state index is 12.3. The number of nitrogens with one attached hydrogen (secondary N) is 1. The predicted molar refractivity (Wildman–Crippen MR) is 67.4 cm³/mol. The van der Waals surface area contributed by atoms with E-state index in [2.05, 4.69) is 10.3 Å². The van der Waals surface area contributed by atoms with E-state index >= 15 is 0 Å². The first kappa shape index (κ1) is 12.8. The molecule has 0 bridgehead atoms. The quantitative estimate of drug-likeness (QED) is 0.828. The smallest absolute Gasteiger partial charge is 0.273 e. The van der Waals surface area contributed by atoms with Crippen molar-refractivity contribution in [3.63, 3.8) is 0 Å². The Labute approximate surface area is 110 Å². The fourth-order valence-corrected chi connectivity index (χ4v) is 2.07. The molecule has 2 rings (SSSR count). The lowest BCUT2D eigenvalue weighted by atomic mass is 9.98. The first-order valence-electron chi connectivity index (χ1n) is 5.65. The molecule has 0 aliphatic carbocycles. The van der Waals surface area contributed by atoms with Gasteiger partial charge >= 0.3 is 0 Å². The summed E-state index contributed by atoms with van der Waals surface area (Å²) in [5, 5.41) is 3.19. The van der Waals surface area contributed by atoms with Gasteiger partial charge in [-0.15, -0.1) is 0 Å². The highest BCUT2D eigenvalue weighted by molar-refractivity contribution is 6.30. The number of nitrogens with zero attached hydrogens (tertiary/aromatic N) is 2. The van der Waals surface area contributed by atoms with Crippen LogP contribution in [0.15, 0.2) is 18.3 Å². The van der Waals surface area contributed by atoms with Crippen LogP contribution in [-0.4, -0.2) is 40.3 Å². The molecule has 0 atom stereocenters. The van der Waals surface area contributed by atoms with Crippen molar-refractivity contribution < 1.29 is 9.59 Å². The van der Waals surface area contributed by atoms with Gasteiger partial charge < -0.3 is 10.2 Å². The van der Waals surface area contributed by atoms with Crippen molar-refractivity contribution in [3.8, 4) is 0 Å². The van der Waals surface area contributed by atoms with Crippen molar-refractivity contribution in [1.29, 1.82) is 0 Å². The van der Waals surface area contributed by atoms with Crippen molar-refractivity contribution >= 4 is 23.4 Å². The Balaban J connectivity index is 2.31. The van der Waals surface area contributed by atoms with Crippen molar-refractivity contribution in [2.24, 2.45) is 0 Å². The van der Waals surface area contributed by atoms with E-state index in [9.17, 15) is 9.59 Å². The van der Waals surface area contributed by atoms with Crippen LogP contribution in [0.4, 0.5) is 0 Å². The average molecular weight is 268 g/mol. The second-order valence-corrected chi connectivity index (χ2v) is 5.07. The number of aromatic nitrogens is 1. The van der Waals surface area contributed by atoms with Crippen LogP contribution in [0.25, 0.3) is 0 Å². The third kappa shape index (κ3) is 2.18. The summed E-state index contributed by atoms with van der Waals surface area (Å²) >= 11 is 5.84. The van der Waals surface area contributed by atoms with Gasteiger partial charge in [0.25, 0.3) is 5.91 Å². The summed E-state index contributed by atoms with van der Waals surface area (Å²) in [6.45, 7) is 4.34. The number of rotatable bonds is 1. The lowest BCUT2D eigenvalue weighted by molar-refractivity contribution is -0.133. The van der Waals surface area contributed by atoms with Crippen molar-refractivity contribution in [1.82, 2.24) is 15.2 Å². The maximum atomic E-state index is 12.3. The number of carbonyl (C=O) groups excluding carboxylic acids is 2. The van der Waals surface area contributed by atoms with Gasteiger partial charge in [0, 0.05) is 24.3 Å². The van der Waals surface area contributed by atoms with E-state index in [1.807, 2.05) is 0 Å². The number of halogens is 1. The zero-order valence-corrected chi connectivity index (χ0v) is 11.0. The summed E-state index contributed by atoms with van der Waals surface area (Å²) in [5.74, 6) is -0.443. The van der Waals surface area contributed by atoms with Crippen LogP contribution in [0, 0.1) is 0 Å². The number of hydrogen-bond donors (Lipinski definition) is 1. The Bertz CT molecular complexity index is 502. The van der Waals surface area contributed by atoms with Crippen molar-refractivity contribution in [2.75, 3.05) is 13.1 Å². The summed E-state index contributed by atoms with van der Waals surface area (Å²) < 4.78 is 0. The van der Waals surface area contributed by atoms with Gasteiger partial charge in [0.1, 0.15) is 11.2 Å². The zero-order valence-electron chi connectivity index (χ0n) is 10.2. The van der Waals surface area contributed by atoms with Crippen LogP contribution < -0.4 is 5.32 Å². The molecule has 2 heterocycles. The molecule has 1 fully saturated rings. The van der Waals surface area contributed by atoms with E-state index in [0.717, 1.165) is 0 Å². The number of amides is 2. The topological polar surface area (TPSA) is 62.3 Å². The summed E-state index contributed by atoms with van der Waals surface area (Å²) in [4.78, 5) is 29.6. The normalized spacial score (nSPS) is 18.4. The molecular weight excluding hydrogens is 254 g/mol. The fourth-order valence-electron chi connectivity index (χ4n) is 1.92. The fraction of sp³-hybridized carbons (Fsp3) is 0.417. The zero-order chi connectivity index (χ0) is 13.3. The van der Waals surface area contributed by atoms with Crippen LogP contribution >= 0.6 is 11.6 Å². The highest BCUT2D eigenvalue weighted by atomic mass is 35.5. The Morgan fingerprint density at radius 3 is 2.94 bits per heavy atom. The molecule has 1 aliphatic rings. The van der Waals surface area contributed by atoms with Crippen LogP contribution in [0.3, 0.4) is 0 Å². The number of carbonyl (C=O) groups is 2. The van der Waals surface area contributed by atoms with Gasteiger partial charge in [0.05, 0.1) is 0 Å². The minimum atomic E-state index is -0.876. The Hall–Kier alpha value is -1.62. The third-order valence-electron chi connectivity index (χ3n) is 3.04. The molecule has 2 amide bonds. The molecule has 1 N–H and O–H groups in total. The van der Waals surface area contributed by atoms with E-state index in [-0.39, 0.29) is 17.5 Å². The minimum Gasteiger partial charge on any atom is -0.352 e. The molecule has 18 heavy (non-hydrogen) atoms. The van der Waals surface area contributed by atoms with E-state index in [1.165, 1.54) is 17.2 Å². The summed E-state index contributed by atoms with van der Waals surface area (Å²) in [7, 11) is 0. The molecule has 1 aliphatic heterocycles. The van der Waals surface area contributed by atoms with E-state index in [1.54, 1.807) is 19.9 Å². The van der Waals surface area contributed by atoms with Crippen molar-refractivity contribution in [2.45, 2.75) is 19.4 Å². The molecule has 0 unspecified atom stereocenters. The van der Waals surface area contributed by atoms with Gasteiger partial charge in [-0.2, -0.15) is 0 Å². The first-order valence-corrected chi connectivity index (χ1v) is 6.02. The lowest BCUT2D eigenvalue weighted by Crippen LogP contribution is -2.63. The molecule has 0 saturated carbocycles. The van der Waals surface area contributed by atoms with Crippen LogP contribution in [-0.2, 0) is 4.79 Å². The standard InChI is InChI=1S/C12H14ClN3O2/c1-12(2)11(18)15-5-6-16(12)10(17)9-7-8(13)3-4-14-9/h3-4,7H,5-6H2,1-2H3,(H,15,18). The highest BCUT2D eigenvalue weighted by Crippen LogP contribution is 2.20. The number of hydrogen-bond acceptors (Lipinski definition) is 3. The molecular formula is C12H14ClN3O2. The van der Waals surface area contributed by atoms with E-state index in [0.29, 0.717) is 18.1 Å².